The average Bonchev–Trinajstić information content (AvgIpc) is 3.18. The van der Waals surface area contributed by atoms with E-state index in [1.54, 1.807) is 0 Å². The van der Waals surface area contributed by atoms with E-state index >= 15 is 0 Å². The SMILES string of the molecule is O=c1oc(-c2ccccc2)nn1CN(CC1CCOC1)C1CC1. The molecule has 4 rings (SSSR count). The summed E-state index contributed by atoms with van der Waals surface area (Å²) in [5.74, 6) is 0.555. The summed E-state index contributed by atoms with van der Waals surface area (Å²) in [5.41, 5.74) is 0.825. The third-order valence-corrected chi connectivity index (χ3v) is 4.52. The molecule has 1 saturated heterocycles. The first-order valence-electron chi connectivity index (χ1n) is 8.25. The first-order valence-corrected chi connectivity index (χ1v) is 8.25. The van der Waals surface area contributed by atoms with E-state index in [0.29, 0.717) is 24.5 Å². The summed E-state index contributed by atoms with van der Waals surface area (Å²) in [7, 11) is 0. The van der Waals surface area contributed by atoms with Gasteiger partial charge < -0.3 is 9.15 Å². The van der Waals surface area contributed by atoms with E-state index in [9.17, 15) is 4.79 Å². The summed E-state index contributed by atoms with van der Waals surface area (Å²) in [6.07, 6.45) is 3.50. The lowest BCUT2D eigenvalue weighted by atomic mass is 10.1. The van der Waals surface area contributed by atoms with Crippen LogP contribution in [0.5, 0.6) is 0 Å². The van der Waals surface area contributed by atoms with E-state index in [2.05, 4.69) is 10.00 Å². The highest BCUT2D eigenvalue weighted by Crippen LogP contribution is 2.29. The van der Waals surface area contributed by atoms with Gasteiger partial charge in [0.05, 0.1) is 6.61 Å². The van der Waals surface area contributed by atoms with Crippen molar-refractivity contribution in [3.63, 3.8) is 0 Å². The molecule has 1 aromatic heterocycles. The fraction of sp³-hybridized carbons (Fsp3) is 0.529. The molecule has 0 N–H and O–H groups in total. The zero-order valence-corrected chi connectivity index (χ0v) is 13.1. The average molecular weight is 315 g/mol. The summed E-state index contributed by atoms with van der Waals surface area (Å²) < 4.78 is 12.2. The van der Waals surface area contributed by atoms with Gasteiger partial charge in [-0.15, -0.1) is 5.10 Å². The number of ether oxygens (including phenoxy) is 1. The summed E-state index contributed by atoms with van der Waals surface area (Å²) >= 11 is 0. The minimum atomic E-state index is -0.392. The molecule has 1 unspecified atom stereocenters. The Kier molecular flexibility index (Phi) is 4.01. The molecule has 0 radical (unpaired) electrons. The summed E-state index contributed by atoms with van der Waals surface area (Å²) in [4.78, 5) is 14.5. The van der Waals surface area contributed by atoms with Crippen LogP contribution in [0.2, 0.25) is 0 Å². The predicted octanol–water partition coefficient (Wildman–Crippen LogP) is 1.96. The second kappa shape index (κ2) is 6.29. The zero-order valence-electron chi connectivity index (χ0n) is 13.1. The van der Waals surface area contributed by atoms with Gasteiger partial charge in [-0.05, 0) is 37.3 Å². The molecule has 2 aliphatic rings. The van der Waals surface area contributed by atoms with Crippen LogP contribution in [-0.2, 0) is 11.4 Å². The van der Waals surface area contributed by atoms with Crippen LogP contribution in [0.15, 0.2) is 39.5 Å². The molecular formula is C17H21N3O3. The molecule has 0 spiro atoms. The highest BCUT2D eigenvalue weighted by Gasteiger charge is 2.32. The number of rotatable bonds is 6. The van der Waals surface area contributed by atoms with E-state index in [1.807, 2.05) is 30.3 Å². The monoisotopic (exact) mass is 315 g/mol. The lowest BCUT2D eigenvalue weighted by Gasteiger charge is -2.23. The number of hydrogen-bond acceptors (Lipinski definition) is 5. The number of nitrogens with zero attached hydrogens (tertiary/aromatic N) is 3. The third-order valence-electron chi connectivity index (χ3n) is 4.52. The van der Waals surface area contributed by atoms with Crippen LogP contribution in [0.4, 0.5) is 0 Å². The minimum absolute atomic E-state index is 0.385. The van der Waals surface area contributed by atoms with E-state index in [4.69, 9.17) is 9.15 Å². The Morgan fingerprint density at radius 3 is 2.74 bits per heavy atom. The van der Waals surface area contributed by atoms with Crippen molar-refractivity contribution in [3.05, 3.63) is 40.9 Å². The van der Waals surface area contributed by atoms with Crippen molar-refractivity contribution in [1.82, 2.24) is 14.7 Å². The van der Waals surface area contributed by atoms with Crippen molar-refractivity contribution in [1.29, 1.82) is 0 Å². The maximum absolute atomic E-state index is 12.1. The van der Waals surface area contributed by atoms with Crippen LogP contribution in [0, 0.1) is 5.92 Å². The van der Waals surface area contributed by atoms with E-state index in [-0.39, 0.29) is 0 Å². The van der Waals surface area contributed by atoms with Crippen LogP contribution in [0.1, 0.15) is 19.3 Å². The molecular weight excluding hydrogens is 294 g/mol. The van der Waals surface area contributed by atoms with Gasteiger partial charge in [-0.1, -0.05) is 18.2 Å². The normalized spacial score (nSPS) is 21.2. The van der Waals surface area contributed by atoms with Crippen LogP contribution < -0.4 is 5.76 Å². The molecule has 2 fully saturated rings. The van der Waals surface area contributed by atoms with E-state index < -0.39 is 5.76 Å². The second-order valence-electron chi connectivity index (χ2n) is 6.41. The smallest absolute Gasteiger partial charge is 0.388 e. The quantitative estimate of drug-likeness (QED) is 0.815. The lowest BCUT2D eigenvalue weighted by molar-refractivity contribution is 0.139. The van der Waals surface area contributed by atoms with Crippen molar-refractivity contribution < 1.29 is 9.15 Å². The molecule has 1 aliphatic heterocycles. The Morgan fingerprint density at radius 1 is 1.22 bits per heavy atom. The highest BCUT2D eigenvalue weighted by molar-refractivity contribution is 5.51. The first kappa shape index (κ1) is 14.7. The topological polar surface area (TPSA) is 60.5 Å². The van der Waals surface area contributed by atoms with Gasteiger partial charge in [-0.25, -0.2) is 4.79 Å². The number of aromatic nitrogens is 2. The Balaban J connectivity index is 1.50. The zero-order chi connectivity index (χ0) is 15.6. The van der Waals surface area contributed by atoms with Crippen molar-refractivity contribution in [2.75, 3.05) is 19.8 Å². The molecule has 1 aromatic carbocycles. The number of hydrogen-bond donors (Lipinski definition) is 0. The van der Waals surface area contributed by atoms with Crippen LogP contribution in [0.3, 0.4) is 0 Å². The molecule has 122 valence electrons. The largest absolute Gasteiger partial charge is 0.438 e. The Morgan fingerprint density at radius 2 is 2.04 bits per heavy atom. The van der Waals surface area contributed by atoms with Crippen LogP contribution in [0.25, 0.3) is 11.5 Å². The summed E-state index contributed by atoms with van der Waals surface area (Å²) in [6.45, 7) is 3.14. The summed E-state index contributed by atoms with van der Waals surface area (Å²) in [6, 6.07) is 10.1. The Hall–Kier alpha value is -1.92. The van der Waals surface area contributed by atoms with Crippen molar-refractivity contribution in [3.8, 4) is 11.5 Å². The van der Waals surface area contributed by atoms with Gasteiger partial charge in [-0.3, -0.25) is 4.90 Å². The van der Waals surface area contributed by atoms with Gasteiger partial charge in [0.25, 0.3) is 0 Å². The van der Waals surface area contributed by atoms with Gasteiger partial charge >= 0.3 is 5.76 Å². The van der Waals surface area contributed by atoms with Crippen molar-refractivity contribution in [2.45, 2.75) is 32.0 Å². The standard InChI is InChI=1S/C17H21N3O3/c21-17-20(18-16(23-17)14-4-2-1-3-5-14)12-19(15-6-7-15)10-13-8-9-22-11-13/h1-5,13,15H,6-12H2. The van der Waals surface area contributed by atoms with Gasteiger partial charge in [-0.2, -0.15) is 4.68 Å². The van der Waals surface area contributed by atoms with Gasteiger partial charge in [0.15, 0.2) is 0 Å². The molecule has 1 saturated carbocycles. The highest BCUT2D eigenvalue weighted by atomic mass is 16.5. The van der Waals surface area contributed by atoms with Crippen LogP contribution in [-0.4, -0.2) is 40.5 Å². The Labute approximate surface area is 134 Å². The molecule has 23 heavy (non-hydrogen) atoms. The molecule has 1 atom stereocenters. The van der Waals surface area contributed by atoms with Gasteiger partial charge in [0.2, 0.25) is 5.89 Å². The molecule has 0 amide bonds. The Bertz CT molecular complexity index is 699. The fourth-order valence-electron chi connectivity index (χ4n) is 3.09. The number of benzene rings is 1. The van der Waals surface area contributed by atoms with Gasteiger partial charge in [0, 0.05) is 24.8 Å². The van der Waals surface area contributed by atoms with Crippen molar-refractivity contribution >= 4 is 0 Å². The summed E-state index contributed by atoms with van der Waals surface area (Å²) in [5, 5.41) is 4.37. The minimum Gasteiger partial charge on any atom is -0.388 e. The molecule has 1 aliphatic carbocycles. The lowest BCUT2D eigenvalue weighted by Crippen LogP contribution is -2.36. The van der Waals surface area contributed by atoms with Crippen LogP contribution >= 0.6 is 0 Å². The fourth-order valence-corrected chi connectivity index (χ4v) is 3.09. The predicted molar refractivity (Wildman–Crippen MR) is 84.9 cm³/mol. The van der Waals surface area contributed by atoms with E-state index in [1.165, 1.54) is 17.5 Å². The second-order valence-corrected chi connectivity index (χ2v) is 6.41. The molecule has 2 aromatic rings. The maximum Gasteiger partial charge on any atom is 0.438 e. The third kappa shape index (κ3) is 3.38. The molecule has 0 bridgehead atoms. The van der Waals surface area contributed by atoms with E-state index in [0.717, 1.165) is 31.7 Å². The molecule has 6 heteroatoms. The van der Waals surface area contributed by atoms with Gasteiger partial charge in [0.1, 0.15) is 6.67 Å². The molecule has 2 heterocycles. The first-order chi connectivity index (χ1) is 11.3. The van der Waals surface area contributed by atoms with Crippen molar-refractivity contribution in [2.24, 2.45) is 5.92 Å². The molecule has 6 nitrogen and oxygen atoms in total. The maximum atomic E-state index is 12.1.